The molecule has 19 heavy (non-hydrogen) atoms. The molecule has 0 saturated heterocycles. The summed E-state index contributed by atoms with van der Waals surface area (Å²) in [6.07, 6.45) is 1.95. The van der Waals surface area contributed by atoms with Gasteiger partial charge in [-0.3, -0.25) is 4.79 Å². The number of carbonyl (C=O) groups excluding carboxylic acids is 2. The van der Waals surface area contributed by atoms with E-state index in [9.17, 15) is 14.4 Å². The number of unbranched alkanes of at least 4 members (excludes halogenated alkanes) is 1. The number of hydrogen-bond donors (Lipinski definition) is 3. The van der Waals surface area contributed by atoms with Gasteiger partial charge in [0.2, 0.25) is 5.91 Å². The van der Waals surface area contributed by atoms with Gasteiger partial charge < -0.3 is 20.6 Å². The first-order valence-electron chi connectivity index (χ1n) is 6.43. The molecule has 0 rings (SSSR count). The van der Waals surface area contributed by atoms with Crippen molar-refractivity contribution in [3.63, 3.8) is 0 Å². The summed E-state index contributed by atoms with van der Waals surface area (Å²) in [7, 11) is 1.63. The zero-order valence-electron chi connectivity index (χ0n) is 11.7. The molecule has 0 aliphatic carbocycles. The van der Waals surface area contributed by atoms with Crippen LogP contribution in [0.15, 0.2) is 0 Å². The van der Waals surface area contributed by atoms with Gasteiger partial charge in [-0.1, -0.05) is 19.8 Å². The second-order valence-corrected chi connectivity index (χ2v) is 4.27. The van der Waals surface area contributed by atoms with Crippen LogP contribution in [0.2, 0.25) is 0 Å². The van der Waals surface area contributed by atoms with Crippen LogP contribution in [0.4, 0.5) is 4.79 Å². The molecule has 0 aromatic heterocycles. The van der Waals surface area contributed by atoms with Crippen molar-refractivity contribution < 1.29 is 19.5 Å². The molecular weight excluding hydrogens is 250 g/mol. The average molecular weight is 273 g/mol. The highest BCUT2D eigenvalue weighted by Crippen LogP contribution is 2.00. The van der Waals surface area contributed by atoms with Crippen molar-refractivity contribution >= 4 is 17.9 Å². The first-order valence-corrected chi connectivity index (χ1v) is 6.43. The minimum Gasteiger partial charge on any atom is -0.480 e. The van der Waals surface area contributed by atoms with Crippen LogP contribution < -0.4 is 10.6 Å². The van der Waals surface area contributed by atoms with E-state index in [1.807, 2.05) is 13.8 Å². The first-order chi connectivity index (χ1) is 8.92. The van der Waals surface area contributed by atoms with Crippen LogP contribution in [0.3, 0.4) is 0 Å². The van der Waals surface area contributed by atoms with E-state index in [1.54, 1.807) is 7.05 Å². The minimum absolute atomic E-state index is 0.143. The Labute approximate surface area is 113 Å². The maximum atomic E-state index is 11.5. The molecule has 0 aromatic rings. The van der Waals surface area contributed by atoms with E-state index in [2.05, 4.69) is 10.6 Å². The van der Waals surface area contributed by atoms with Gasteiger partial charge in [0.1, 0.15) is 6.04 Å². The number of carbonyl (C=O) groups is 3. The van der Waals surface area contributed by atoms with Crippen LogP contribution >= 0.6 is 0 Å². The molecule has 7 heteroatoms. The molecule has 0 aliphatic rings. The lowest BCUT2D eigenvalue weighted by atomic mass is 10.1. The minimum atomic E-state index is -1.07. The lowest BCUT2D eigenvalue weighted by Crippen LogP contribution is -2.48. The first kappa shape index (κ1) is 17.2. The second kappa shape index (κ2) is 9.18. The standard InChI is InChI=1S/C12H23N3O4/c1-4-6-7-9(11(17)18)14-12(19)13-8-10(16)15(3)5-2/h9H,4-8H2,1-3H3,(H,17,18)(H2,13,14,19). The predicted octanol–water partition coefficient (Wildman–Crippen LogP) is 0.407. The van der Waals surface area contributed by atoms with Crippen molar-refractivity contribution in [1.82, 2.24) is 15.5 Å². The quantitative estimate of drug-likeness (QED) is 0.596. The van der Waals surface area contributed by atoms with Crippen molar-refractivity contribution in [3.8, 4) is 0 Å². The molecule has 0 spiro atoms. The van der Waals surface area contributed by atoms with Gasteiger partial charge in [-0.2, -0.15) is 0 Å². The SMILES string of the molecule is CCCCC(NC(=O)NCC(=O)N(C)CC)C(=O)O. The van der Waals surface area contributed by atoms with Crippen molar-refractivity contribution in [2.45, 2.75) is 39.2 Å². The Morgan fingerprint density at radius 1 is 1.26 bits per heavy atom. The smallest absolute Gasteiger partial charge is 0.326 e. The van der Waals surface area contributed by atoms with E-state index in [4.69, 9.17) is 5.11 Å². The van der Waals surface area contributed by atoms with Crippen LogP contribution in [-0.2, 0) is 9.59 Å². The summed E-state index contributed by atoms with van der Waals surface area (Å²) >= 11 is 0. The van der Waals surface area contributed by atoms with Gasteiger partial charge >= 0.3 is 12.0 Å². The third-order valence-electron chi connectivity index (χ3n) is 2.75. The fourth-order valence-corrected chi connectivity index (χ4v) is 1.34. The fourth-order valence-electron chi connectivity index (χ4n) is 1.34. The van der Waals surface area contributed by atoms with Gasteiger partial charge in [-0.15, -0.1) is 0 Å². The number of rotatable bonds is 8. The molecular formula is C12H23N3O4. The molecule has 0 bridgehead atoms. The van der Waals surface area contributed by atoms with Gasteiger partial charge in [0, 0.05) is 13.6 Å². The molecule has 3 amide bonds. The number of nitrogens with one attached hydrogen (secondary N) is 2. The summed E-state index contributed by atoms with van der Waals surface area (Å²) in [6, 6.07) is -1.56. The van der Waals surface area contributed by atoms with Crippen LogP contribution in [0.5, 0.6) is 0 Å². The number of nitrogens with zero attached hydrogens (tertiary/aromatic N) is 1. The highest BCUT2D eigenvalue weighted by atomic mass is 16.4. The zero-order chi connectivity index (χ0) is 14.8. The van der Waals surface area contributed by atoms with E-state index in [1.165, 1.54) is 4.90 Å². The Bertz CT molecular complexity index is 320. The summed E-state index contributed by atoms with van der Waals surface area (Å²) in [5.74, 6) is -1.29. The summed E-state index contributed by atoms with van der Waals surface area (Å²) in [6.45, 7) is 4.17. The summed E-state index contributed by atoms with van der Waals surface area (Å²) in [5, 5.41) is 13.6. The monoisotopic (exact) mass is 273 g/mol. The van der Waals surface area contributed by atoms with Crippen molar-refractivity contribution in [2.24, 2.45) is 0 Å². The third kappa shape index (κ3) is 7.28. The van der Waals surface area contributed by atoms with Crippen molar-refractivity contribution in [1.29, 1.82) is 0 Å². The Hall–Kier alpha value is -1.79. The Balaban J connectivity index is 4.13. The van der Waals surface area contributed by atoms with Crippen LogP contribution in [-0.4, -0.2) is 54.1 Å². The van der Waals surface area contributed by atoms with Crippen molar-refractivity contribution in [2.75, 3.05) is 20.1 Å². The Morgan fingerprint density at radius 3 is 2.37 bits per heavy atom. The highest BCUT2D eigenvalue weighted by molar-refractivity contribution is 5.86. The predicted molar refractivity (Wildman–Crippen MR) is 70.8 cm³/mol. The molecule has 1 atom stereocenters. The number of carboxylic acids is 1. The Morgan fingerprint density at radius 2 is 1.89 bits per heavy atom. The van der Waals surface area contributed by atoms with Gasteiger partial charge in [0.25, 0.3) is 0 Å². The number of aliphatic carboxylic acids is 1. The molecule has 0 fully saturated rings. The molecule has 7 nitrogen and oxygen atoms in total. The molecule has 0 saturated carbocycles. The molecule has 0 radical (unpaired) electrons. The largest absolute Gasteiger partial charge is 0.480 e. The van der Waals surface area contributed by atoms with Crippen LogP contribution in [0, 0.1) is 0 Å². The third-order valence-corrected chi connectivity index (χ3v) is 2.75. The van der Waals surface area contributed by atoms with Crippen molar-refractivity contribution in [3.05, 3.63) is 0 Å². The number of urea groups is 1. The molecule has 1 unspecified atom stereocenters. The topological polar surface area (TPSA) is 98.7 Å². The lowest BCUT2D eigenvalue weighted by Gasteiger charge is -2.17. The highest BCUT2D eigenvalue weighted by Gasteiger charge is 2.19. The fraction of sp³-hybridized carbons (Fsp3) is 0.750. The lowest BCUT2D eigenvalue weighted by molar-refractivity contribution is -0.139. The average Bonchev–Trinajstić information content (AvgIpc) is 2.39. The van der Waals surface area contributed by atoms with E-state index >= 15 is 0 Å². The molecule has 110 valence electrons. The number of likely N-dealkylation sites (N-methyl/N-ethyl adjacent to an activating group) is 1. The van der Waals surface area contributed by atoms with E-state index in [0.29, 0.717) is 13.0 Å². The molecule has 0 aromatic carbocycles. The van der Waals surface area contributed by atoms with E-state index < -0.39 is 18.0 Å². The van der Waals surface area contributed by atoms with Crippen LogP contribution in [0.1, 0.15) is 33.1 Å². The summed E-state index contributed by atoms with van der Waals surface area (Å²) in [5.41, 5.74) is 0. The van der Waals surface area contributed by atoms with Gasteiger partial charge in [0.15, 0.2) is 0 Å². The molecule has 0 aliphatic heterocycles. The normalized spacial score (nSPS) is 11.5. The van der Waals surface area contributed by atoms with Gasteiger partial charge in [0.05, 0.1) is 6.54 Å². The zero-order valence-corrected chi connectivity index (χ0v) is 11.7. The second-order valence-electron chi connectivity index (χ2n) is 4.27. The molecule has 0 heterocycles. The number of hydrogen-bond acceptors (Lipinski definition) is 3. The maximum absolute atomic E-state index is 11.5. The van der Waals surface area contributed by atoms with Crippen LogP contribution in [0.25, 0.3) is 0 Å². The summed E-state index contributed by atoms with van der Waals surface area (Å²) in [4.78, 5) is 35.3. The van der Waals surface area contributed by atoms with E-state index in [-0.39, 0.29) is 12.5 Å². The number of amides is 3. The van der Waals surface area contributed by atoms with E-state index in [0.717, 1.165) is 12.8 Å². The summed E-state index contributed by atoms with van der Waals surface area (Å²) < 4.78 is 0. The number of carboxylic acid groups (broad SMARTS) is 1. The Kier molecular flexibility index (Phi) is 8.32. The van der Waals surface area contributed by atoms with Gasteiger partial charge in [-0.25, -0.2) is 9.59 Å². The van der Waals surface area contributed by atoms with Gasteiger partial charge in [-0.05, 0) is 13.3 Å². The maximum Gasteiger partial charge on any atom is 0.326 e. The molecule has 3 N–H and O–H groups in total.